The quantitative estimate of drug-likeness (QED) is 0.351. The van der Waals surface area contributed by atoms with Gasteiger partial charge in [-0.15, -0.1) is 0 Å². The highest BCUT2D eigenvalue weighted by molar-refractivity contribution is 5.89. The summed E-state index contributed by atoms with van der Waals surface area (Å²) in [4.78, 5) is 12.2. The van der Waals surface area contributed by atoms with Crippen LogP contribution in [0.15, 0.2) is 23.3 Å². The molecule has 0 saturated heterocycles. The maximum atomic E-state index is 12.2. The summed E-state index contributed by atoms with van der Waals surface area (Å²) in [5, 5.41) is 42.7. The van der Waals surface area contributed by atoms with Crippen molar-refractivity contribution in [3.63, 3.8) is 0 Å². The molecule has 148 valence electrons. The summed E-state index contributed by atoms with van der Waals surface area (Å²) in [6.07, 6.45) is 3.26. The van der Waals surface area contributed by atoms with Crippen molar-refractivity contribution in [3.8, 4) is 0 Å². The summed E-state index contributed by atoms with van der Waals surface area (Å²) in [6.45, 7) is 2.18. The Bertz CT molecular complexity index is 707. The summed E-state index contributed by atoms with van der Waals surface area (Å²) in [6, 6.07) is 3.84. The minimum atomic E-state index is -1.23. The zero-order chi connectivity index (χ0) is 19.6. The Morgan fingerprint density at radius 2 is 1.93 bits per heavy atom. The van der Waals surface area contributed by atoms with Crippen molar-refractivity contribution < 1.29 is 30.4 Å². The third kappa shape index (κ3) is 4.26. The Morgan fingerprint density at radius 3 is 2.48 bits per heavy atom. The molecule has 2 aliphatic rings. The zero-order valence-corrected chi connectivity index (χ0v) is 15.0. The Kier molecular flexibility index (Phi) is 6.05. The molecule has 1 aromatic rings. The topological polar surface area (TPSA) is 146 Å². The maximum absolute atomic E-state index is 12.2. The van der Waals surface area contributed by atoms with E-state index in [-0.39, 0.29) is 40.8 Å². The molecule has 0 aromatic heterocycles. The summed E-state index contributed by atoms with van der Waals surface area (Å²) >= 11 is 0. The van der Waals surface area contributed by atoms with Gasteiger partial charge in [0.25, 0.3) is 0 Å². The molecule has 10 heteroatoms. The number of hydrogen-bond donors (Lipinski definition) is 5. The van der Waals surface area contributed by atoms with Gasteiger partial charge in [-0.2, -0.15) is 15.6 Å². The van der Waals surface area contributed by atoms with Crippen LogP contribution >= 0.6 is 0 Å². The molecule has 10 nitrogen and oxygen atoms in total. The fraction of sp³-hybridized carbons (Fsp3) is 0.529. The van der Waals surface area contributed by atoms with Crippen LogP contribution in [0.3, 0.4) is 0 Å². The molecule has 5 N–H and O–H groups in total. The number of ether oxygens (including phenoxy) is 1. The number of anilines is 1. The summed E-state index contributed by atoms with van der Waals surface area (Å²) in [7, 11) is 0. The van der Waals surface area contributed by atoms with Gasteiger partial charge in [-0.1, -0.05) is 0 Å². The van der Waals surface area contributed by atoms with Gasteiger partial charge < -0.3 is 15.2 Å². The first-order valence-electron chi connectivity index (χ1n) is 8.99. The summed E-state index contributed by atoms with van der Waals surface area (Å²) < 4.78 is 5.19. The van der Waals surface area contributed by atoms with Gasteiger partial charge in [0.05, 0.1) is 18.6 Å². The first kappa shape index (κ1) is 19.7. The van der Waals surface area contributed by atoms with Crippen molar-refractivity contribution in [3.05, 3.63) is 28.6 Å². The Balaban J connectivity index is 1.72. The van der Waals surface area contributed by atoms with Crippen LogP contribution in [-0.4, -0.2) is 28.7 Å². The average Bonchev–Trinajstić information content (AvgIpc) is 2.90. The highest BCUT2D eigenvalue weighted by Crippen LogP contribution is 2.46. The van der Waals surface area contributed by atoms with Crippen molar-refractivity contribution in [2.75, 3.05) is 12.0 Å². The van der Waals surface area contributed by atoms with Crippen molar-refractivity contribution in [1.29, 1.82) is 0 Å². The van der Waals surface area contributed by atoms with E-state index in [1.54, 1.807) is 6.92 Å². The number of rotatable bonds is 6. The molecule has 1 aromatic carbocycles. The molecule has 0 heterocycles. The Labute approximate surface area is 156 Å². The first-order valence-corrected chi connectivity index (χ1v) is 8.99. The molecule has 2 aliphatic carbocycles. The van der Waals surface area contributed by atoms with Gasteiger partial charge in [0.2, 0.25) is 0 Å². The van der Waals surface area contributed by atoms with Gasteiger partial charge in [-0.25, -0.2) is 10.4 Å². The number of carbonyl (C=O) groups excluding carboxylic acids is 1. The zero-order valence-electron chi connectivity index (χ0n) is 15.0. The van der Waals surface area contributed by atoms with E-state index in [0.717, 1.165) is 24.6 Å². The molecule has 0 aliphatic heterocycles. The third-order valence-electron chi connectivity index (χ3n) is 5.31. The molecule has 0 spiro atoms. The number of quaternary nitrogens is 2. The summed E-state index contributed by atoms with van der Waals surface area (Å²) in [5.41, 5.74) is 3.64. The van der Waals surface area contributed by atoms with E-state index in [2.05, 4.69) is 10.5 Å². The second-order valence-corrected chi connectivity index (χ2v) is 6.94. The second-order valence-electron chi connectivity index (χ2n) is 6.94. The van der Waals surface area contributed by atoms with Crippen molar-refractivity contribution in [2.45, 2.75) is 32.6 Å². The van der Waals surface area contributed by atoms with Crippen LogP contribution in [0.2, 0.25) is 0 Å². The predicted molar refractivity (Wildman–Crippen MR) is 94.6 cm³/mol. The lowest BCUT2D eigenvalue weighted by Gasteiger charge is -2.29. The largest absolute Gasteiger partial charge is 0.595 e. The van der Waals surface area contributed by atoms with E-state index >= 15 is 0 Å². The van der Waals surface area contributed by atoms with Crippen LogP contribution < -0.4 is 15.9 Å². The maximum Gasteiger partial charge on any atom is 0.309 e. The number of hydrazone groups is 1. The molecule has 4 unspecified atom stereocenters. The SMILES string of the molecule is CCOC(=O)C1C2CCC1CC(=NNc1ccc([NH+]([O-])O)cc1[NH+]([O-])O)C2. The van der Waals surface area contributed by atoms with E-state index in [1.165, 1.54) is 12.1 Å². The highest BCUT2D eigenvalue weighted by Gasteiger charge is 2.46. The number of carbonyl (C=O) groups is 1. The van der Waals surface area contributed by atoms with Crippen LogP contribution in [0.5, 0.6) is 0 Å². The normalized spacial score (nSPS) is 26.4. The van der Waals surface area contributed by atoms with E-state index in [4.69, 9.17) is 9.94 Å². The first-order chi connectivity index (χ1) is 12.9. The van der Waals surface area contributed by atoms with Crippen LogP contribution in [0.4, 0.5) is 17.1 Å². The summed E-state index contributed by atoms with van der Waals surface area (Å²) in [5.74, 6) is 0.205. The molecule has 0 radical (unpaired) electrons. The number of nitrogens with zero attached hydrogens (tertiary/aromatic N) is 1. The minimum absolute atomic E-state index is 0.0756. The number of esters is 1. The van der Waals surface area contributed by atoms with E-state index in [1.807, 2.05) is 0 Å². The molecule has 4 atom stereocenters. The number of hydrogen-bond acceptors (Lipinski definition) is 8. The standard InChI is InChI=1S/C17H24N4O6/c1-2-27-17(22)16-10-3-4-11(16)8-12(7-10)18-19-14-6-5-13(20(23)24)9-15(14)21(25)26/h5-6,9-11,16,19-21,23,25H,2-4,7-8H2,1H3. The van der Waals surface area contributed by atoms with Crippen LogP contribution in [-0.2, 0) is 9.53 Å². The van der Waals surface area contributed by atoms with Gasteiger partial charge in [0.1, 0.15) is 5.69 Å². The number of benzene rings is 1. The molecule has 2 bridgehead atoms. The number of fused-ring (bicyclic) bond motifs is 2. The van der Waals surface area contributed by atoms with Gasteiger partial charge in [-0.05, 0) is 50.5 Å². The lowest BCUT2D eigenvalue weighted by Crippen LogP contribution is -3.00. The van der Waals surface area contributed by atoms with Crippen molar-refractivity contribution >= 4 is 28.7 Å². The second kappa shape index (κ2) is 8.30. The molecule has 3 rings (SSSR count). The Hall–Kier alpha value is -2.08. The van der Waals surface area contributed by atoms with Crippen LogP contribution in [0.25, 0.3) is 0 Å². The number of nitrogens with one attached hydrogen (secondary N) is 3. The van der Waals surface area contributed by atoms with Crippen molar-refractivity contribution in [2.24, 2.45) is 22.9 Å². The van der Waals surface area contributed by atoms with E-state index < -0.39 is 10.5 Å². The fourth-order valence-electron chi connectivity index (χ4n) is 4.12. The molecule has 2 fully saturated rings. The third-order valence-corrected chi connectivity index (χ3v) is 5.31. The molecular weight excluding hydrogens is 356 g/mol. The van der Waals surface area contributed by atoms with E-state index in [9.17, 15) is 20.4 Å². The molecule has 0 amide bonds. The van der Waals surface area contributed by atoms with Gasteiger partial charge >= 0.3 is 5.97 Å². The smallest absolute Gasteiger partial charge is 0.309 e. The van der Waals surface area contributed by atoms with Crippen LogP contribution in [0, 0.1) is 28.2 Å². The van der Waals surface area contributed by atoms with Gasteiger partial charge in [-0.3, -0.25) is 10.2 Å². The fourth-order valence-corrected chi connectivity index (χ4v) is 4.12. The molecule has 27 heavy (non-hydrogen) atoms. The minimum Gasteiger partial charge on any atom is -0.595 e. The molecular formula is C17H24N4O6. The van der Waals surface area contributed by atoms with Gasteiger partial charge in [0, 0.05) is 11.8 Å². The van der Waals surface area contributed by atoms with Gasteiger partial charge in [0.15, 0.2) is 11.4 Å². The lowest BCUT2D eigenvalue weighted by molar-refractivity contribution is -0.996. The van der Waals surface area contributed by atoms with Crippen LogP contribution in [0.1, 0.15) is 32.6 Å². The highest BCUT2D eigenvalue weighted by atomic mass is 16.8. The van der Waals surface area contributed by atoms with Crippen molar-refractivity contribution in [1.82, 2.24) is 0 Å². The molecule has 2 saturated carbocycles. The Morgan fingerprint density at radius 1 is 1.26 bits per heavy atom. The van der Waals surface area contributed by atoms with E-state index in [0.29, 0.717) is 19.4 Å². The monoisotopic (exact) mass is 380 g/mol. The average molecular weight is 380 g/mol. The predicted octanol–water partition coefficient (Wildman–Crippen LogP) is 0.261. The lowest BCUT2D eigenvalue weighted by atomic mass is 9.77.